The maximum Gasteiger partial charge on any atom is 0.321 e. The molecule has 226 valence electrons. The summed E-state index contributed by atoms with van der Waals surface area (Å²) in [5.41, 5.74) is 14.1. The van der Waals surface area contributed by atoms with E-state index in [4.69, 9.17) is 16.6 Å². The predicted octanol–water partition coefficient (Wildman–Crippen LogP) is 5.25. The molecule has 0 aromatic heterocycles. The molecule has 8 nitrogen and oxygen atoms in total. The first-order valence-corrected chi connectivity index (χ1v) is 14.0. The van der Waals surface area contributed by atoms with Crippen molar-refractivity contribution in [2.45, 2.75) is 70.7 Å². The van der Waals surface area contributed by atoms with Crippen molar-refractivity contribution >= 4 is 18.6 Å². The third-order valence-electron chi connectivity index (χ3n) is 6.59. The van der Waals surface area contributed by atoms with Gasteiger partial charge in [-0.05, 0) is 92.8 Å². The molecule has 0 amide bonds. The predicted molar refractivity (Wildman–Crippen MR) is 168 cm³/mol. The van der Waals surface area contributed by atoms with Gasteiger partial charge in [0.1, 0.15) is 6.04 Å². The monoisotopic (exact) mass is 586 g/mol. The quantitative estimate of drug-likeness (QED) is 0.124. The summed E-state index contributed by atoms with van der Waals surface area (Å²) < 4.78 is -0.647. The molecule has 9 heteroatoms. The number of aliphatic carboxylic acids is 1. The van der Waals surface area contributed by atoms with Gasteiger partial charge in [-0.3, -0.25) is 4.79 Å². The Hall–Kier alpha value is -3.40. The second-order valence-corrected chi connectivity index (χ2v) is 12.3. The molecular weight excluding hydrogens is 540 g/mol. The summed E-state index contributed by atoms with van der Waals surface area (Å²) in [5, 5.41) is 46.1. The van der Waals surface area contributed by atoms with Crippen molar-refractivity contribution in [3.8, 4) is 23.0 Å². The zero-order valence-electron chi connectivity index (χ0n) is 24.5. The van der Waals surface area contributed by atoms with E-state index in [1.54, 1.807) is 26.0 Å². The summed E-state index contributed by atoms with van der Waals surface area (Å²) in [7, 11) is 0. The Morgan fingerprint density at radius 1 is 0.707 bits per heavy atom. The maximum absolute atomic E-state index is 10.2. The number of carboxylic acids is 1. The maximum atomic E-state index is 10.2. The lowest BCUT2D eigenvalue weighted by Crippen LogP contribution is -2.45. The molecule has 9 N–H and O–H groups in total. The van der Waals surface area contributed by atoms with E-state index in [0.29, 0.717) is 11.8 Å². The average Bonchev–Trinajstić information content (AvgIpc) is 2.88. The lowest BCUT2D eigenvalue weighted by molar-refractivity contribution is -0.139. The Bertz CT molecular complexity index is 1160. The van der Waals surface area contributed by atoms with Crippen LogP contribution in [-0.2, 0) is 24.1 Å². The van der Waals surface area contributed by atoms with E-state index in [0.717, 1.165) is 30.4 Å². The molecule has 0 saturated heterocycles. The molecule has 3 aromatic rings. The van der Waals surface area contributed by atoms with Gasteiger partial charge in [-0.15, -0.1) is 0 Å². The number of nitrogens with two attached hydrogens (primary N) is 2. The number of carbonyl (C=O) groups is 1. The second-order valence-electron chi connectivity index (χ2n) is 11.1. The van der Waals surface area contributed by atoms with Crippen LogP contribution in [0.1, 0.15) is 51.3 Å². The van der Waals surface area contributed by atoms with Gasteiger partial charge in [0.2, 0.25) is 0 Å². The van der Waals surface area contributed by atoms with E-state index >= 15 is 0 Å². The molecule has 3 aromatic carbocycles. The Morgan fingerprint density at radius 2 is 1.12 bits per heavy atom. The van der Waals surface area contributed by atoms with Crippen LogP contribution in [0.2, 0.25) is 0 Å². The van der Waals surface area contributed by atoms with Crippen molar-refractivity contribution in [3.05, 3.63) is 83.4 Å². The van der Waals surface area contributed by atoms with Crippen LogP contribution in [0.5, 0.6) is 23.0 Å². The van der Waals surface area contributed by atoms with Crippen molar-refractivity contribution in [1.82, 2.24) is 0 Å². The number of benzene rings is 3. The number of thiol groups is 1. The Morgan fingerprint density at radius 3 is 1.41 bits per heavy atom. The molecule has 4 atom stereocenters. The molecule has 0 aliphatic carbocycles. The molecule has 1 unspecified atom stereocenters. The van der Waals surface area contributed by atoms with Crippen molar-refractivity contribution in [2.75, 3.05) is 0 Å². The van der Waals surface area contributed by atoms with E-state index in [9.17, 15) is 25.2 Å². The smallest absolute Gasteiger partial charge is 0.321 e. The molecular formula is C32H46N2O6S. The van der Waals surface area contributed by atoms with Crippen LogP contribution in [0.4, 0.5) is 0 Å². The molecule has 0 radical (unpaired) electrons. The van der Waals surface area contributed by atoms with Gasteiger partial charge in [-0.25, -0.2) is 0 Å². The Balaban J connectivity index is 0.000000366. The van der Waals surface area contributed by atoms with Gasteiger partial charge >= 0.3 is 5.97 Å². The standard InChI is InChI=1S/C18H22O4.C9H13N.C5H11NO2S/c1-11(7-13-3-5-15(19)17(21)9-13)12(2)8-14-4-6-16(20)18(22)10-14;1-8(10)7-9-5-3-2-4-6-9;1-5(2,9)3(6)4(7)8/h3-6,9-12,19-22H,7-8H2,1-2H3;2-6,8H,7,10H2,1H3;3,9H,6H2,1-2H3,(H,7,8)/t11-,12+;;3-/m..0/s1. The minimum Gasteiger partial charge on any atom is -0.504 e. The second kappa shape index (κ2) is 16.8. The van der Waals surface area contributed by atoms with E-state index < -0.39 is 16.8 Å². The number of hydrogen-bond donors (Lipinski definition) is 8. The van der Waals surface area contributed by atoms with Crippen LogP contribution in [-0.4, -0.2) is 48.3 Å². The number of phenolic OH excluding ortho intramolecular Hbond substituents is 4. The summed E-state index contributed by atoms with van der Waals surface area (Å²) in [4.78, 5) is 10.2. The van der Waals surface area contributed by atoms with Crippen LogP contribution in [0, 0.1) is 11.8 Å². The fourth-order valence-electron chi connectivity index (χ4n) is 3.83. The number of rotatable bonds is 9. The first-order valence-electron chi connectivity index (χ1n) is 13.5. The number of hydrogen-bond acceptors (Lipinski definition) is 8. The first-order chi connectivity index (χ1) is 19.0. The third kappa shape index (κ3) is 13.7. The zero-order valence-corrected chi connectivity index (χ0v) is 25.4. The highest BCUT2D eigenvalue weighted by atomic mass is 32.1. The minimum atomic E-state index is -1.02. The third-order valence-corrected chi connectivity index (χ3v) is 6.87. The van der Waals surface area contributed by atoms with E-state index in [1.165, 1.54) is 17.7 Å². The van der Waals surface area contributed by atoms with Gasteiger partial charge in [-0.1, -0.05) is 56.3 Å². The molecule has 0 saturated carbocycles. The van der Waals surface area contributed by atoms with Crippen LogP contribution < -0.4 is 11.5 Å². The van der Waals surface area contributed by atoms with Crippen LogP contribution in [0.3, 0.4) is 0 Å². The summed E-state index contributed by atoms with van der Waals surface area (Å²) in [6.45, 7) is 9.61. The van der Waals surface area contributed by atoms with E-state index in [2.05, 4.69) is 38.6 Å². The zero-order chi connectivity index (χ0) is 31.3. The number of carboxylic acid groups (broad SMARTS) is 1. The fraction of sp³-hybridized carbons (Fsp3) is 0.406. The van der Waals surface area contributed by atoms with E-state index in [1.807, 2.05) is 37.3 Å². The summed E-state index contributed by atoms with van der Waals surface area (Å²) in [6, 6.07) is 19.5. The highest BCUT2D eigenvalue weighted by Gasteiger charge is 2.27. The topological polar surface area (TPSA) is 170 Å². The minimum absolute atomic E-state index is 0.0965. The molecule has 0 heterocycles. The van der Waals surface area contributed by atoms with Crippen LogP contribution in [0.25, 0.3) is 0 Å². The van der Waals surface area contributed by atoms with Gasteiger partial charge < -0.3 is 37.0 Å². The normalized spacial score (nSPS) is 13.9. The number of aromatic hydroxyl groups is 4. The summed E-state index contributed by atoms with van der Waals surface area (Å²) in [5.74, 6) is -0.704. The highest BCUT2D eigenvalue weighted by Crippen LogP contribution is 2.30. The molecule has 41 heavy (non-hydrogen) atoms. The average molecular weight is 587 g/mol. The van der Waals surface area contributed by atoms with Gasteiger partial charge in [0.25, 0.3) is 0 Å². The molecule has 0 aliphatic rings. The van der Waals surface area contributed by atoms with Crippen LogP contribution >= 0.6 is 12.6 Å². The SMILES string of the molecule is CC(C)(S)[C@@H](N)C(=O)O.CC(N)Cc1ccccc1.C[C@H](Cc1ccc(O)c(O)c1)[C@@H](C)Cc1ccc(O)c(O)c1. The van der Waals surface area contributed by atoms with Crippen molar-refractivity contribution in [2.24, 2.45) is 23.3 Å². The molecule has 3 rings (SSSR count). The van der Waals surface area contributed by atoms with Gasteiger partial charge in [0.05, 0.1) is 0 Å². The molecule has 0 spiro atoms. The molecule has 0 aliphatic heterocycles. The largest absolute Gasteiger partial charge is 0.504 e. The van der Waals surface area contributed by atoms with Crippen molar-refractivity contribution < 1.29 is 30.3 Å². The van der Waals surface area contributed by atoms with Crippen molar-refractivity contribution in [1.29, 1.82) is 0 Å². The molecule has 0 bridgehead atoms. The number of phenols is 4. The van der Waals surface area contributed by atoms with Gasteiger partial charge in [0, 0.05) is 10.8 Å². The first kappa shape index (κ1) is 35.6. The Kier molecular flexibility index (Phi) is 14.6. The Labute approximate surface area is 249 Å². The van der Waals surface area contributed by atoms with E-state index in [-0.39, 0.29) is 29.0 Å². The lowest BCUT2D eigenvalue weighted by Gasteiger charge is -2.21. The fourth-order valence-corrected chi connectivity index (χ4v) is 3.94. The summed E-state index contributed by atoms with van der Waals surface area (Å²) in [6.07, 6.45) is 2.55. The van der Waals surface area contributed by atoms with Crippen molar-refractivity contribution in [3.63, 3.8) is 0 Å². The van der Waals surface area contributed by atoms with Gasteiger partial charge in [0.15, 0.2) is 23.0 Å². The van der Waals surface area contributed by atoms with Crippen LogP contribution in [0.15, 0.2) is 66.7 Å². The lowest BCUT2D eigenvalue weighted by atomic mass is 9.85. The highest BCUT2D eigenvalue weighted by molar-refractivity contribution is 7.81. The summed E-state index contributed by atoms with van der Waals surface area (Å²) >= 11 is 3.98. The molecule has 0 fully saturated rings. The van der Waals surface area contributed by atoms with Gasteiger partial charge in [-0.2, -0.15) is 12.6 Å².